The van der Waals surface area contributed by atoms with Crippen molar-refractivity contribution in [3.63, 3.8) is 0 Å². The number of piperidine rings is 1. The maximum absolute atomic E-state index is 13.1. The Morgan fingerprint density at radius 3 is 2.68 bits per heavy atom. The van der Waals surface area contributed by atoms with E-state index in [2.05, 4.69) is 55.3 Å². The molecule has 5 heteroatoms. The van der Waals surface area contributed by atoms with Crippen LogP contribution in [0.4, 0.5) is 0 Å². The van der Waals surface area contributed by atoms with Gasteiger partial charge in [-0.05, 0) is 64.4 Å². The molecular formula is C26H34N2O3. The lowest BCUT2D eigenvalue weighted by Gasteiger charge is -2.39. The Balaban J connectivity index is 1.37. The monoisotopic (exact) mass is 422 g/mol. The second-order valence-electron chi connectivity index (χ2n) is 9.57. The third-order valence-electron chi connectivity index (χ3n) is 6.44. The molecule has 0 spiro atoms. The summed E-state index contributed by atoms with van der Waals surface area (Å²) in [5.74, 6) is 1.80. The first-order chi connectivity index (χ1) is 14.8. The van der Waals surface area contributed by atoms with E-state index in [1.165, 1.54) is 11.1 Å². The van der Waals surface area contributed by atoms with Crippen molar-refractivity contribution in [1.29, 1.82) is 0 Å². The molecule has 1 N–H and O–H groups in total. The van der Waals surface area contributed by atoms with Gasteiger partial charge in [-0.1, -0.05) is 29.8 Å². The molecule has 2 aliphatic rings. The Morgan fingerprint density at radius 2 is 1.97 bits per heavy atom. The minimum Gasteiger partial charge on any atom is -0.497 e. The van der Waals surface area contributed by atoms with E-state index in [0.29, 0.717) is 0 Å². The van der Waals surface area contributed by atoms with Gasteiger partial charge in [0.2, 0.25) is 5.91 Å². The third-order valence-corrected chi connectivity index (χ3v) is 6.44. The van der Waals surface area contributed by atoms with Crippen LogP contribution in [0.1, 0.15) is 55.8 Å². The molecule has 1 saturated heterocycles. The van der Waals surface area contributed by atoms with Crippen LogP contribution < -0.4 is 14.8 Å². The SMILES string of the molecule is COc1ccc2c(c1)OC(C)(C)C[C@H]2NC(=O)C1CCN(Cc2cccc(C)c2)CC1. The normalized spacial score (nSPS) is 21.1. The fourth-order valence-electron chi connectivity index (χ4n) is 4.80. The van der Waals surface area contributed by atoms with Crippen molar-refractivity contribution < 1.29 is 14.3 Å². The standard InChI is InChI=1S/C26H34N2O3/c1-18-6-5-7-19(14-18)17-28-12-10-20(11-13-28)25(29)27-23-16-26(2,3)31-24-15-21(30-4)8-9-22(23)24/h5-9,14-15,20,23H,10-13,16-17H2,1-4H3,(H,27,29)/t23-/m1/s1. The number of benzene rings is 2. The van der Waals surface area contributed by atoms with Crippen LogP contribution in [-0.2, 0) is 11.3 Å². The highest BCUT2D eigenvalue weighted by Gasteiger charge is 2.36. The number of rotatable bonds is 5. The molecule has 5 nitrogen and oxygen atoms in total. The predicted octanol–water partition coefficient (Wildman–Crippen LogP) is 4.63. The lowest BCUT2D eigenvalue weighted by atomic mass is 9.88. The predicted molar refractivity (Wildman–Crippen MR) is 122 cm³/mol. The molecule has 0 saturated carbocycles. The van der Waals surface area contributed by atoms with Gasteiger partial charge in [0.25, 0.3) is 0 Å². The average Bonchev–Trinajstić information content (AvgIpc) is 2.73. The number of likely N-dealkylation sites (tertiary alicyclic amines) is 1. The van der Waals surface area contributed by atoms with E-state index in [1.54, 1.807) is 7.11 Å². The molecule has 31 heavy (non-hydrogen) atoms. The van der Waals surface area contributed by atoms with Gasteiger partial charge in [-0.15, -0.1) is 0 Å². The summed E-state index contributed by atoms with van der Waals surface area (Å²) in [7, 11) is 1.65. The number of fused-ring (bicyclic) bond motifs is 1. The molecule has 0 bridgehead atoms. The van der Waals surface area contributed by atoms with Gasteiger partial charge in [-0.25, -0.2) is 0 Å². The highest BCUT2D eigenvalue weighted by atomic mass is 16.5. The second kappa shape index (κ2) is 8.91. The summed E-state index contributed by atoms with van der Waals surface area (Å²) in [5.41, 5.74) is 3.34. The van der Waals surface area contributed by atoms with Crippen molar-refractivity contribution in [2.45, 2.75) is 58.2 Å². The van der Waals surface area contributed by atoms with Gasteiger partial charge in [-0.2, -0.15) is 0 Å². The van der Waals surface area contributed by atoms with Crippen molar-refractivity contribution in [3.05, 3.63) is 59.2 Å². The molecule has 2 aromatic carbocycles. The Bertz CT molecular complexity index is 932. The second-order valence-corrected chi connectivity index (χ2v) is 9.57. The first-order valence-corrected chi connectivity index (χ1v) is 11.3. The zero-order valence-corrected chi connectivity index (χ0v) is 19.1. The molecule has 0 aromatic heterocycles. The molecule has 0 aliphatic carbocycles. The van der Waals surface area contributed by atoms with Crippen molar-refractivity contribution >= 4 is 5.91 Å². The molecule has 166 valence electrons. The van der Waals surface area contributed by atoms with Crippen LogP contribution in [0.25, 0.3) is 0 Å². The molecule has 2 aliphatic heterocycles. The summed E-state index contributed by atoms with van der Waals surface area (Å²) >= 11 is 0. The van der Waals surface area contributed by atoms with Crippen LogP contribution >= 0.6 is 0 Å². The first kappa shape index (κ1) is 21.7. The molecule has 0 unspecified atom stereocenters. The summed E-state index contributed by atoms with van der Waals surface area (Å²) < 4.78 is 11.5. The number of nitrogens with zero attached hydrogens (tertiary/aromatic N) is 1. The van der Waals surface area contributed by atoms with Crippen LogP contribution in [0.2, 0.25) is 0 Å². The van der Waals surface area contributed by atoms with Crippen molar-refractivity contribution in [2.75, 3.05) is 20.2 Å². The van der Waals surface area contributed by atoms with E-state index in [1.807, 2.05) is 18.2 Å². The fourth-order valence-corrected chi connectivity index (χ4v) is 4.80. The van der Waals surface area contributed by atoms with E-state index in [-0.39, 0.29) is 23.5 Å². The van der Waals surface area contributed by atoms with Gasteiger partial charge >= 0.3 is 0 Å². The van der Waals surface area contributed by atoms with E-state index < -0.39 is 0 Å². The van der Waals surface area contributed by atoms with Gasteiger partial charge in [0.15, 0.2) is 0 Å². The van der Waals surface area contributed by atoms with Crippen molar-refractivity contribution in [2.24, 2.45) is 5.92 Å². The first-order valence-electron chi connectivity index (χ1n) is 11.3. The number of methoxy groups -OCH3 is 1. The largest absolute Gasteiger partial charge is 0.497 e. The molecule has 4 rings (SSSR count). The summed E-state index contributed by atoms with van der Waals surface area (Å²) in [6, 6.07) is 14.5. The number of nitrogens with one attached hydrogen (secondary N) is 1. The molecule has 2 heterocycles. The van der Waals surface area contributed by atoms with Gasteiger partial charge in [0.05, 0.1) is 13.2 Å². The average molecular weight is 423 g/mol. The summed E-state index contributed by atoms with van der Waals surface area (Å²) in [6.45, 7) is 9.14. The van der Waals surface area contributed by atoms with E-state index >= 15 is 0 Å². The van der Waals surface area contributed by atoms with Crippen LogP contribution in [0, 0.1) is 12.8 Å². The molecule has 1 fully saturated rings. The van der Waals surface area contributed by atoms with Crippen LogP contribution in [-0.4, -0.2) is 36.6 Å². The highest BCUT2D eigenvalue weighted by Crippen LogP contribution is 2.41. The smallest absolute Gasteiger partial charge is 0.223 e. The molecule has 1 atom stereocenters. The zero-order valence-electron chi connectivity index (χ0n) is 19.1. The van der Waals surface area contributed by atoms with Gasteiger partial charge < -0.3 is 14.8 Å². The summed E-state index contributed by atoms with van der Waals surface area (Å²) in [6.07, 6.45) is 2.56. The topological polar surface area (TPSA) is 50.8 Å². The fraction of sp³-hybridized carbons (Fsp3) is 0.500. The van der Waals surface area contributed by atoms with Crippen LogP contribution in [0.5, 0.6) is 11.5 Å². The van der Waals surface area contributed by atoms with Gasteiger partial charge in [-0.3, -0.25) is 9.69 Å². The quantitative estimate of drug-likeness (QED) is 0.763. The maximum Gasteiger partial charge on any atom is 0.223 e. The van der Waals surface area contributed by atoms with Crippen molar-refractivity contribution in [1.82, 2.24) is 10.2 Å². The van der Waals surface area contributed by atoms with E-state index in [0.717, 1.165) is 56.0 Å². The molecule has 1 amide bonds. The van der Waals surface area contributed by atoms with E-state index in [4.69, 9.17) is 9.47 Å². The Kier molecular flexibility index (Phi) is 6.24. The van der Waals surface area contributed by atoms with Gasteiger partial charge in [0, 0.05) is 30.5 Å². The Hall–Kier alpha value is -2.53. The number of ether oxygens (including phenoxy) is 2. The summed E-state index contributed by atoms with van der Waals surface area (Å²) in [4.78, 5) is 15.6. The van der Waals surface area contributed by atoms with Crippen LogP contribution in [0.3, 0.4) is 0 Å². The third kappa shape index (κ3) is 5.21. The molecular weight excluding hydrogens is 388 g/mol. The lowest BCUT2D eigenvalue weighted by molar-refractivity contribution is -0.127. The maximum atomic E-state index is 13.1. The van der Waals surface area contributed by atoms with Crippen LogP contribution in [0.15, 0.2) is 42.5 Å². The van der Waals surface area contributed by atoms with E-state index in [9.17, 15) is 4.79 Å². The number of aryl methyl sites for hydroxylation is 1. The number of carbonyl (C=O) groups excluding carboxylic acids is 1. The lowest BCUT2D eigenvalue weighted by Crippen LogP contribution is -2.45. The van der Waals surface area contributed by atoms with Gasteiger partial charge in [0.1, 0.15) is 17.1 Å². The minimum absolute atomic E-state index is 0.0394. The zero-order chi connectivity index (χ0) is 22.0. The summed E-state index contributed by atoms with van der Waals surface area (Å²) in [5, 5.41) is 3.33. The number of carbonyl (C=O) groups is 1. The number of hydrogen-bond acceptors (Lipinski definition) is 4. The molecule has 0 radical (unpaired) electrons. The molecule has 2 aromatic rings. The number of amides is 1. The minimum atomic E-state index is -0.339. The Morgan fingerprint density at radius 1 is 1.19 bits per heavy atom. The Labute approximate surface area is 185 Å². The highest BCUT2D eigenvalue weighted by molar-refractivity contribution is 5.79. The van der Waals surface area contributed by atoms with Crippen molar-refractivity contribution in [3.8, 4) is 11.5 Å². The number of hydrogen-bond donors (Lipinski definition) is 1.